The van der Waals surface area contributed by atoms with Crippen LogP contribution in [0.4, 0.5) is 10.1 Å². The van der Waals surface area contributed by atoms with E-state index in [0.29, 0.717) is 5.69 Å². The van der Waals surface area contributed by atoms with Crippen molar-refractivity contribution in [2.45, 2.75) is 6.42 Å². The minimum atomic E-state index is -0.319. The second kappa shape index (κ2) is 5.17. The Morgan fingerprint density at radius 2 is 1.90 bits per heavy atom. The molecule has 0 saturated heterocycles. The maximum Gasteiger partial charge on any atom is 0.228 e. The van der Waals surface area contributed by atoms with Crippen LogP contribution in [0.2, 0.25) is 0 Å². The van der Waals surface area contributed by atoms with Crippen LogP contribution in [0.25, 0.3) is 10.9 Å². The van der Waals surface area contributed by atoms with Crippen molar-refractivity contribution in [1.82, 2.24) is 4.98 Å². The number of aromatic amines is 1. The Balaban J connectivity index is 1.70. The molecule has 0 unspecified atom stereocenters. The number of fused-ring (bicyclic) bond motifs is 1. The largest absolute Gasteiger partial charge is 0.361 e. The van der Waals surface area contributed by atoms with Crippen LogP contribution in [0.1, 0.15) is 5.56 Å². The van der Waals surface area contributed by atoms with Crippen LogP contribution in [0.15, 0.2) is 54.7 Å². The van der Waals surface area contributed by atoms with Crippen LogP contribution < -0.4 is 5.32 Å². The third kappa shape index (κ3) is 2.69. The van der Waals surface area contributed by atoms with Crippen LogP contribution in [-0.4, -0.2) is 10.9 Å². The number of hydrogen-bond donors (Lipinski definition) is 2. The topological polar surface area (TPSA) is 44.9 Å². The fourth-order valence-electron chi connectivity index (χ4n) is 2.13. The third-order valence-electron chi connectivity index (χ3n) is 3.11. The van der Waals surface area contributed by atoms with Gasteiger partial charge in [0, 0.05) is 17.4 Å². The Morgan fingerprint density at radius 3 is 2.70 bits per heavy atom. The van der Waals surface area contributed by atoms with Crippen molar-refractivity contribution < 1.29 is 9.18 Å². The maximum absolute atomic E-state index is 12.8. The lowest BCUT2D eigenvalue weighted by Gasteiger charge is -2.05. The number of amides is 1. The molecule has 0 atom stereocenters. The average Bonchev–Trinajstić information content (AvgIpc) is 2.89. The highest BCUT2D eigenvalue weighted by atomic mass is 19.1. The molecule has 0 spiro atoms. The van der Waals surface area contributed by atoms with Crippen molar-refractivity contribution in [1.29, 1.82) is 0 Å². The zero-order chi connectivity index (χ0) is 13.9. The number of H-pyrrole nitrogens is 1. The van der Waals surface area contributed by atoms with Gasteiger partial charge in [-0.2, -0.15) is 0 Å². The summed E-state index contributed by atoms with van der Waals surface area (Å²) in [5, 5.41) is 3.86. The summed E-state index contributed by atoms with van der Waals surface area (Å²) >= 11 is 0. The van der Waals surface area contributed by atoms with Gasteiger partial charge in [0.15, 0.2) is 0 Å². The summed E-state index contributed by atoms with van der Waals surface area (Å²) in [5.74, 6) is -0.442. The summed E-state index contributed by atoms with van der Waals surface area (Å²) in [6.45, 7) is 0. The van der Waals surface area contributed by atoms with E-state index in [1.54, 1.807) is 12.1 Å². The Morgan fingerprint density at radius 1 is 1.10 bits per heavy atom. The van der Waals surface area contributed by atoms with Gasteiger partial charge in [0.25, 0.3) is 0 Å². The summed E-state index contributed by atoms with van der Waals surface area (Å²) in [6.07, 6.45) is 2.15. The van der Waals surface area contributed by atoms with E-state index in [1.165, 1.54) is 12.1 Å². The summed E-state index contributed by atoms with van der Waals surface area (Å²) in [6, 6.07) is 13.6. The van der Waals surface area contributed by atoms with Gasteiger partial charge in [-0.05, 0) is 47.3 Å². The molecule has 2 aromatic carbocycles. The molecule has 0 aliphatic rings. The van der Waals surface area contributed by atoms with Gasteiger partial charge in [-0.15, -0.1) is 0 Å². The second-order valence-corrected chi connectivity index (χ2v) is 4.63. The van der Waals surface area contributed by atoms with Gasteiger partial charge in [0.2, 0.25) is 5.91 Å². The molecule has 4 heteroatoms. The first-order valence-electron chi connectivity index (χ1n) is 6.32. The summed E-state index contributed by atoms with van der Waals surface area (Å²) in [4.78, 5) is 15.0. The number of hydrogen-bond acceptors (Lipinski definition) is 1. The molecule has 0 fully saturated rings. The first-order valence-corrected chi connectivity index (χ1v) is 6.32. The molecule has 20 heavy (non-hydrogen) atoms. The monoisotopic (exact) mass is 268 g/mol. The predicted octanol–water partition coefficient (Wildman–Crippen LogP) is 3.49. The molecule has 1 amide bonds. The minimum Gasteiger partial charge on any atom is -0.361 e. The van der Waals surface area contributed by atoms with E-state index in [-0.39, 0.29) is 18.1 Å². The highest BCUT2D eigenvalue weighted by molar-refractivity contribution is 5.93. The maximum atomic E-state index is 12.8. The van der Waals surface area contributed by atoms with Crippen molar-refractivity contribution in [3.05, 3.63) is 66.1 Å². The quantitative estimate of drug-likeness (QED) is 0.750. The van der Waals surface area contributed by atoms with Gasteiger partial charge in [-0.25, -0.2) is 4.39 Å². The van der Waals surface area contributed by atoms with E-state index in [4.69, 9.17) is 0 Å². The van der Waals surface area contributed by atoms with E-state index in [9.17, 15) is 9.18 Å². The molecule has 3 rings (SSSR count). The summed E-state index contributed by atoms with van der Waals surface area (Å²) in [5.41, 5.74) is 2.54. The molecule has 0 aliphatic heterocycles. The Hall–Kier alpha value is -2.62. The van der Waals surface area contributed by atoms with Gasteiger partial charge < -0.3 is 10.3 Å². The smallest absolute Gasteiger partial charge is 0.228 e. The highest BCUT2D eigenvalue weighted by Crippen LogP contribution is 2.15. The molecular weight excluding hydrogens is 255 g/mol. The molecule has 100 valence electrons. The second-order valence-electron chi connectivity index (χ2n) is 4.63. The molecule has 1 heterocycles. The SMILES string of the molecule is O=C(Cc1ccc2cc[nH]c2c1)Nc1ccc(F)cc1. The van der Waals surface area contributed by atoms with E-state index in [2.05, 4.69) is 10.3 Å². The predicted molar refractivity (Wildman–Crippen MR) is 77.0 cm³/mol. The van der Waals surface area contributed by atoms with Crippen LogP contribution in [-0.2, 0) is 11.2 Å². The molecular formula is C16H13FN2O. The molecule has 3 aromatic rings. The average molecular weight is 268 g/mol. The van der Waals surface area contributed by atoms with Gasteiger partial charge in [-0.3, -0.25) is 4.79 Å². The lowest BCUT2D eigenvalue weighted by Crippen LogP contribution is -2.14. The van der Waals surface area contributed by atoms with Crippen LogP contribution in [0, 0.1) is 5.82 Å². The fraction of sp³-hybridized carbons (Fsp3) is 0.0625. The van der Waals surface area contributed by atoms with Gasteiger partial charge in [-0.1, -0.05) is 12.1 Å². The number of anilines is 1. The first-order chi connectivity index (χ1) is 9.70. The number of rotatable bonds is 3. The molecule has 1 aromatic heterocycles. The standard InChI is InChI=1S/C16H13FN2O/c17-13-3-5-14(6-4-13)19-16(20)10-11-1-2-12-7-8-18-15(12)9-11/h1-9,18H,10H2,(H,19,20). The van der Waals surface area contributed by atoms with Crippen molar-refractivity contribution in [3.63, 3.8) is 0 Å². The normalized spacial score (nSPS) is 10.7. The zero-order valence-electron chi connectivity index (χ0n) is 10.7. The van der Waals surface area contributed by atoms with Crippen molar-refractivity contribution in [2.75, 3.05) is 5.32 Å². The fourth-order valence-corrected chi connectivity index (χ4v) is 2.13. The van der Waals surface area contributed by atoms with Crippen molar-refractivity contribution in [3.8, 4) is 0 Å². The molecule has 0 saturated carbocycles. The summed E-state index contributed by atoms with van der Waals surface area (Å²) in [7, 11) is 0. The Kier molecular flexibility index (Phi) is 3.21. The van der Waals surface area contributed by atoms with Gasteiger partial charge in [0.05, 0.1) is 6.42 Å². The van der Waals surface area contributed by atoms with Crippen LogP contribution in [0.5, 0.6) is 0 Å². The van der Waals surface area contributed by atoms with Gasteiger partial charge in [0.1, 0.15) is 5.82 Å². The van der Waals surface area contributed by atoms with E-state index in [1.807, 2.05) is 30.5 Å². The van der Waals surface area contributed by atoms with Crippen molar-refractivity contribution in [2.24, 2.45) is 0 Å². The van der Waals surface area contributed by atoms with Crippen molar-refractivity contribution >= 4 is 22.5 Å². The number of halogens is 1. The van der Waals surface area contributed by atoms with E-state index < -0.39 is 0 Å². The number of nitrogens with one attached hydrogen (secondary N) is 2. The molecule has 0 aliphatic carbocycles. The number of benzene rings is 2. The molecule has 0 bridgehead atoms. The number of carbonyl (C=O) groups is 1. The molecule has 0 radical (unpaired) electrons. The van der Waals surface area contributed by atoms with Crippen LogP contribution in [0.3, 0.4) is 0 Å². The van der Waals surface area contributed by atoms with Gasteiger partial charge >= 0.3 is 0 Å². The van der Waals surface area contributed by atoms with Crippen LogP contribution >= 0.6 is 0 Å². The Bertz CT molecular complexity index is 747. The first kappa shape index (κ1) is 12.4. The third-order valence-corrected chi connectivity index (χ3v) is 3.11. The lowest BCUT2D eigenvalue weighted by atomic mass is 10.1. The molecule has 2 N–H and O–H groups in total. The number of carbonyl (C=O) groups excluding carboxylic acids is 1. The number of aromatic nitrogens is 1. The Labute approximate surface area is 115 Å². The summed E-state index contributed by atoms with van der Waals surface area (Å²) < 4.78 is 12.8. The van der Waals surface area contributed by atoms with E-state index in [0.717, 1.165) is 16.5 Å². The minimum absolute atomic E-state index is 0.123. The highest BCUT2D eigenvalue weighted by Gasteiger charge is 2.05. The van der Waals surface area contributed by atoms with E-state index >= 15 is 0 Å². The molecule has 3 nitrogen and oxygen atoms in total. The lowest BCUT2D eigenvalue weighted by molar-refractivity contribution is -0.115. The zero-order valence-corrected chi connectivity index (χ0v) is 10.7.